The fourth-order valence-corrected chi connectivity index (χ4v) is 2.84. The topological polar surface area (TPSA) is 29.5 Å². The molecule has 0 aromatic carbocycles. The van der Waals surface area contributed by atoms with Crippen LogP contribution in [0.2, 0.25) is 0 Å². The number of hydrogen-bond donors (Lipinski definition) is 0. The van der Waals surface area contributed by atoms with Gasteiger partial charge in [0.1, 0.15) is 5.60 Å². The average molecular weight is 261 g/mol. The van der Waals surface area contributed by atoms with Gasteiger partial charge >= 0.3 is 6.09 Å². The lowest BCUT2D eigenvalue weighted by Crippen LogP contribution is -2.57. The highest BCUT2D eigenvalue weighted by atomic mass is 19.3. The first-order valence-electron chi connectivity index (χ1n) is 6.56. The zero-order valence-electron chi connectivity index (χ0n) is 11.2. The van der Waals surface area contributed by atoms with E-state index in [1.807, 2.05) is 0 Å². The van der Waals surface area contributed by atoms with Gasteiger partial charge in [-0.05, 0) is 33.6 Å². The minimum absolute atomic E-state index is 0.123. The molecule has 1 aliphatic heterocycles. The molecule has 1 heterocycles. The van der Waals surface area contributed by atoms with Gasteiger partial charge in [-0.1, -0.05) is 6.42 Å². The normalized spacial score (nSPS) is 31.1. The van der Waals surface area contributed by atoms with Crippen LogP contribution in [0.15, 0.2) is 0 Å². The highest BCUT2D eigenvalue weighted by molar-refractivity contribution is 5.68. The van der Waals surface area contributed by atoms with Crippen LogP contribution >= 0.6 is 0 Å². The van der Waals surface area contributed by atoms with Crippen molar-refractivity contribution in [3.8, 4) is 0 Å². The van der Waals surface area contributed by atoms with Crippen LogP contribution in [-0.2, 0) is 4.74 Å². The summed E-state index contributed by atoms with van der Waals surface area (Å²) >= 11 is 0. The molecule has 5 heteroatoms. The number of rotatable bonds is 0. The van der Waals surface area contributed by atoms with E-state index >= 15 is 0 Å². The zero-order chi connectivity index (χ0) is 13.6. The lowest BCUT2D eigenvalue weighted by atomic mass is 9.74. The molecular weight excluding hydrogens is 240 g/mol. The number of nitrogens with zero attached hydrogens (tertiary/aromatic N) is 1. The van der Waals surface area contributed by atoms with Crippen molar-refractivity contribution in [2.24, 2.45) is 11.8 Å². The third-order valence-electron chi connectivity index (χ3n) is 3.73. The first-order chi connectivity index (χ1) is 8.20. The first kappa shape index (κ1) is 13.6. The molecule has 2 unspecified atom stereocenters. The van der Waals surface area contributed by atoms with Crippen LogP contribution in [-0.4, -0.2) is 35.6 Å². The standard InChI is InChI=1S/C13H21F2NO2/c1-12(2,3)18-11(17)16-7-9-5-4-6-10(8-16)13(9,14)15/h9-10H,4-8H2,1-3H3. The van der Waals surface area contributed by atoms with E-state index in [0.29, 0.717) is 12.8 Å². The Morgan fingerprint density at radius 3 is 2.17 bits per heavy atom. The van der Waals surface area contributed by atoms with Crippen molar-refractivity contribution in [1.29, 1.82) is 0 Å². The zero-order valence-corrected chi connectivity index (χ0v) is 11.2. The largest absolute Gasteiger partial charge is 0.444 e. The molecular formula is C13H21F2NO2. The van der Waals surface area contributed by atoms with E-state index < -0.39 is 29.5 Å². The number of fused-ring (bicyclic) bond motifs is 2. The molecule has 1 saturated carbocycles. The van der Waals surface area contributed by atoms with Crippen LogP contribution in [0, 0.1) is 11.8 Å². The Balaban J connectivity index is 2.04. The Morgan fingerprint density at radius 1 is 1.22 bits per heavy atom. The van der Waals surface area contributed by atoms with Gasteiger partial charge in [-0.3, -0.25) is 0 Å². The quantitative estimate of drug-likeness (QED) is 0.669. The van der Waals surface area contributed by atoms with Gasteiger partial charge in [0.25, 0.3) is 5.92 Å². The van der Waals surface area contributed by atoms with E-state index in [2.05, 4.69) is 0 Å². The number of piperidine rings is 1. The fourth-order valence-electron chi connectivity index (χ4n) is 2.84. The minimum Gasteiger partial charge on any atom is -0.444 e. The van der Waals surface area contributed by atoms with Gasteiger partial charge in [0.05, 0.1) is 0 Å². The second-order valence-electron chi connectivity index (χ2n) is 6.38. The SMILES string of the molecule is CC(C)(C)OC(=O)N1CC2CCCC(C1)C2(F)F. The number of carbonyl (C=O) groups excluding carboxylic acids is 1. The van der Waals surface area contributed by atoms with E-state index in [1.54, 1.807) is 20.8 Å². The Morgan fingerprint density at radius 2 is 1.72 bits per heavy atom. The van der Waals surface area contributed by atoms with Gasteiger partial charge in [0.2, 0.25) is 0 Å². The van der Waals surface area contributed by atoms with Crippen LogP contribution in [0.25, 0.3) is 0 Å². The molecule has 18 heavy (non-hydrogen) atoms. The number of alkyl halides is 2. The second-order valence-corrected chi connectivity index (χ2v) is 6.38. The molecule has 0 aromatic rings. The lowest BCUT2D eigenvalue weighted by Gasteiger charge is -2.46. The summed E-state index contributed by atoms with van der Waals surface area (Å²) in [6.45, 7) is 5.59. The van der Waals surface area contributed by atoms with Gasteiger partial charge < -0.3 is 9.64 Å². The molecule has 1 amide bonds. The van der Waals surface area contributed by atoms with Gasteiger partial charge in [-0.2, -0.15) is 0 Å². The Kier molecular flexibility index (Phi) is 3.28. The average Bonchev–Trinajstić information content (AvgIpc) is 2.11. The maximum absolute atomic E-state index is 13.9. The van der Waals surface area contributed by atoms with E-state index in [4.69, 9.17) is 4.74 Å². The molecule has 2 rings (SSSR count). The third-order valence-corrected chi connectivity index (χ3v) is 3.73. The fraction of sp³-hybridized carbons (Fsp3) is 0.923. The Labute approximate surface area is 106 Å². The van der Waals surface area contributed by atoms with E-state index in [1.165, 1.54) is 4.90 Å². The van der Waals surface area contributed by atoms with Crippen molar-refractivity contribution in [3.05, 3.63) is 0 Å². The number of ether oxygens (including phenoxy) is 1. The summed E-state index contributed by atoms with van der Waals surface area (Å²) < 4.78 is 33.1. The lowest BCUT2D eigenvalue weighted by molar-refractivity contribution is -0.167. The van der Waals surface area contributed by atoms with Crippen molar-refractivity contribution >= 4 is 6.09 Å². The summed E-state index contributed by atoms with van der Waals surface area (Å²) in [7, 11) is 0. The van der Waals surface area contributed by atoms with Crippen LogP contribution in [0.5, 0.6) is 0 Å². The van der Waals surface area contributed by atoms with Crippen LogP contribution < -0.4 is 0 Å². The molecule has 0 spiro atoms. The maximum Gasteiger partial charge on any atom is 0.410 e. The van der Waals surface area contributed by atoms with Crippen molar-refractivity contribution in [1.82, 2.24) is 4.90 Å². The van der Waals surface area contributed by atoms with Crippen molar-refractivity contribution in [2.75, 3.05) is 13.1 Å². The summed E-state index contributed by atoms with van der Waals surface area (Å²) in [4.78, 5) is 13.4. The second kappa shape index (κ2) is 4.35. The highest BCUT2D eigenvalue weighted by Gasteiger charge is 2.54. The monoisotopic (exact) mass is 261 g/mol. The molecule has 3 nitrogen and oxygen atoms in total. The van der Waals surface area contributed by atoms with Crippen molar-refractivity contribution in [2.45, 2.75) is 51.6 Å². The number of carbonyl (C=O) groups is 1. The van der Waals surface area contributed by atoms with Gasteiger partial charge in [-0.15, -0.1) is 0 Å². The molecule has 0 radical (unpaired) electrons. The van der Waals surface area contributed by atoms with Crippen LogP contribution in [0.1, 0.15) is 40.0 Å². The van der Waals surface area contributed by atoms with E-state index in [-0.39, 0.29) is 13.1 Å². The molecule has 1 aliphatic carbocycles. The van der Waals surface area contributed by atoms with Crippen LogP contribution in [0.4, 0.5) is 13.6 Å². The number of amides is 1. The summed E-state index contributed by atoms with van der Waals surface area (Å²) in [5.41, 5.74) is -0.577. The highest BCUT2D eigenvalue weighted by Crippen LogP contribution is 2.46. The molecule has 2 fully saturated rings. The predicted octanol–water partition coefficient (Wildman–Crippen LogP) is 3.29. The molecule has 104 valence electrons. The third kappa shape index (κ3) is 2.59. The van der Waals surface area contributed by atoms with Gasteiger partial charge in [0.15, 0.2) is 0 Å². The summed E-state index contributed by atoms with van der Waals surface area (Å²) in [5, 5.41) is 0. The van der Waals surface area contributed by atoms with E-state index in [9.17, 15) is 13.6 Å². The first-order valence-corrected chi connectivity index (χ1v) is 6.56. The van der Waals surface area contributed by atoms with Gasteiger partial charge in [-0.25, -0.2) is 13.6 Å². The molecule has 0 N–H and O–H groups in total. The summed E-state index contributed by atoms with van der Waals surface area (Å²) in [5.74, 6) is -4.01. The van der Waals surface area contributed by atoms with Crippen LogP contribution in [0.3, 0.4) is 0 Å². The number of likely N-dealkylation sites (tertiary alicyclic amines) is 1. The number of halogens is 2. The Hall–Kier alpha value is -0.870. The number of hydrogen-bond acceptors (Lipinski definition) is 2. The van der Waals surface area contributed by atoms with Gasteiger partial charge in [0, 0.05) is 24.9 Å². The van der Waals surface area contributed by atoms with Crippen molar-refractivity contribution in [3.63, 3.8) is 0 Å². The summed E-state index contributed by atoms with van der Waals surface area (Å²) in [6, 6.07) is 0. The summed E-state index contributed by atoms with van der Waals surface area (Å²) in [6.07, 6.45) is 1.38. The van der Waals surface area contributed by atoms with Crippen molar-refractivity contribution < 1.29 is 18.3 Å². The Bertz CT molecular complexity index is 322. The maximum atomic E-state index is 13.9. The molecule has 2 bridgehead atoms. The molecule has 1 saturated heterocycles. The molecule has 0 aromatic heterocycles. The minimum atomic E-state index is -2.61. The smallest absolute Gasteiger partial charge is 0.410 e. The predicted molar refractivity (Wildman–Crippen MR) is 63.6 cm³/mol. The molecule has 2 aliphatic rings. The molecule has 2 atom stereocenters. The van der Waals surface area contributed by atoms with E-state index in [0.717, 1.165) is 6.42 Å².